The minimum absolute atomic E-state index is 0.402. The summed E-state index contributed by atoms with van der Waals surface area (Å²) in [7, 11) is 0. The highest BCUT2D eigenvalue weighted by Crippen LogP contribution is 2.24. The lowest BCUT2D eigenvalue weighted by Crippen LogP contribution is -2.45. The Hall–Kier alpha value is -2.41. The molecule has 1 fully saturated rings. The van der Waals surface area contributed by atoms with E-state index in [4.69, 9.17) is 0 Å². The smallest absolute Gasteiger partial charge is 0.194 e. The summed E-state index contributed by atoms with van der Waals surface area (Å²) in [6.45, 7) is 5.13. The van der Waals surface area contributed by atoms with Gasteiger partial charge in [-0.1, -0.05) is 30.3 Å². The van der Waals surface area contributed by atoms with Gasteiger partial charge in [-0.15, -0.1) is 0 Å². The van der Waals surface area contributed by atoms with E-state index in [-0.39, 0.29) is 0 Å². The molecule has 1 aromatic heterocycles. The van der Waals surface area contributed by atoms with Crippen LogP contribution >= 0.6 is 0 Å². The highest BCUT2D eigenvalue weighted by Gasteiger charge is 2.24. The molecule has 1 aliphatic heterocycles. The molecule has 3 N–H and O–H groups in total. The molecule has 1 aliphatic rings. The van der Waals surface area contributed by atoms with Gasteiger partial charge in [0.05, 0.1) is 12.6 Å². The lowest BCUT2D eigenvalue weighted by Gasteiger charge is -2.33. The van der Waals surface area contributed by atoms with Crippen LogP contribution in [-0.2, 0) is 6.42 Å². The molecule has 3 rings (SSSR count). The van der Waals surface area contributed by atoms with Crippen LogP contribution in [0, 0.1) is 0 Å². The Balaban J connectivity index is 1.54. The number of H-pyrrole nitrogens is 1. The number of aliphatic imine (C=N–C) groups is 1. The van der Waals surface area contributed by atoms with Crippen LogP contribution in [0.2, 0.25) is 0 Å². The van der Waals surface area contributed by atoms with Gasteiger partial charge < -0.3 is 15.3 Å². The van der Waals surface area contributed by atoms with Crippen LogP contribution < -0.4 is 5.32 Å². The van der Waals surface area contributed by atoms with Gasteiger partial charge in [-0.3, -0.25) is 10.1 Å². The Bertz CT molecular complexity index is 665. The number of aromatic nitrogens is 3. The highest BCUT2D eigenvalue weighted by molar-refractivity contribution is 5.80. The van der Waals surface area contributed by atoms with E-state index in [0.717, 1.165) is 49.8 Å². The number of aliphatic hydroxyl groups is 1. The molecular weight excluding hydrogens is 328 g/mol. The molecule has 7 heteroatoms. The van der Waals surface area contributed by atoms with Crippen molar-refractivity contribution < 1.29 is 5.11 Å². The van der Waals surface area contributed by atoms with Gasteiger partial charge in [0.2, 0.25) is 0 Å². The molecule has 1 aromatic carbocycles. The SMILES string of the molecule is CCNC(=NCC(O)Cc1ccccc1)N1CCC(c2ncn[nH]2)CC1. The predicted octanol–water partition coefficient (Wildman–Crippen LogP) is 1.55. The molecule has 0 spiro atoms. The number of hydrogen-bond donors (Lipinski definition) is 3. The van der Waals surface area contributed by atoms with Gasteiger partial charge in [0.15, 0.2) is 5.96 Å². The summed E-state index contributed by atoms with van der Waals surface area (Å²) in [5, 5.41) is 20.6. The average molecular weight is 356 g/mol. The van der Waals surface area contributed by atoms with Gasteiger partial charge in [-0.25, -0.2) is 4.98 Å². The molecule has 140 valence electrons. The lowest BCUT2D eigenvalue weighted by molar-refractivity contribution is 0.183. The van der Waals surface area contributed by atoms with Gasteiger partial charge in [0.1, 0.15) is 12.2 Å². The summed E-state index contributed by atoms with van der Waals surface area (Å²) < 4.78 is 0. The highest BCUT2D eigenvalue weighted by atomic mass is 16.3. The fourth-order valence-electron chi connectivity index (χ4n) is 3.34. The molecule has 1 atom stereocenters. The first kappa shape index (κ1) is 18.4. The zero-order valence-corrected chi connectivity index (χ0v) is 15.3. The van der Waals surface area contributed by atoms with E-state index < -0.39 is 6.10 Å². The standard InChI is InChI=1S/C19H28N6O/c1-2-20-19(21-13-17(26)12-15-6-4-3-5-7-15)25-10-8-16(9-11-25)18-22-14-23-24-18/h3-7,14,16-17,26H,2,8-13H2,1H3,(H,20,21)(H,22,23,24). The van der Waals surface area contributed by atoms with Crippen LogP contribution in [0.3, 0.4) is 0 Å². The molecule has 2 heterocycles. The Morgan fingerprint density at radius 2 is 2.12 bits per heavy atom. The third-order valence-corrected chi connectivity index (χ3v) is 4.72. The fourth-order valence-corrected chi connectivity index (χ4v) is 3.34. The summed E-state index contributed by atoms with van der Waals surface area (Å²) in [5.41, 5.74) is 1.13. The van der Waals surface area contributed by atoms with Gasteiger partial charge in [0.25, 0.3) is 0 Å². The average Bonchev–Trinajstić information content (AvgIpc) is 3.21. The van der Waals surface area contributed by atoms with Crippen molar-refractivity contribution in [3.63, 3.8) is 0 Å². The van der Waals surface area contributed by atoms with E-state index in [1.807, 2.05) is 30.3 Å². The Morgan fingerprint density at radius 1 is 1.35 bits per heavy atom. The first-order chi connectivity index (χ1) is 12.8. The number of hydrogen-bond acceptors (Lipinski definition) is 4. The largest absolute Gasteiger partial charge is 0.391 e. The number of likely N-dealkylation sites (tertiary alicyclic amines) is 1. The normalized spacial score (nSPS) is 17.3. The number of aromatic amines is 1. The van der Waals surface area contributed by atoms with Crippen molar-refractivity contribution in [3.8, 4) is 0 Å². The molecule has 1 saturated heterocycles. The van der Waals surface area contributed by atoms with Crippen molar-refractivity contribution in [2.24, 2.45) is 4.99 Å². The zero-order valence-electron chi connectivity index (χ0n) is 15.3. The van der Waals surface area contributed by atoms with E-state index in [2.05, 4.69) is 37.3 Å². The van der Waals surface area contributed by atoms with Crippen molar-refractivity contribution in [1.82, 2.24) is 25.4 Å². The molecule has 0 bridgehead atoms. The molecule has 26 heavy (non-hydrogen) atoms. The van der Waals surface area contributed by atoms with Crippen molar-refractivity contribution in [1.29, 1.82) is 0 Å². The van der Waals surface area contributed by atoms with E-state index >= 15 is 0 Å². The quantitative estimate of drug-likeness (QED) is 0.540. The molecular formula is C19H28N6O. The predicted molar refractivity (Wildman–Crippen MR) is 102 cm³/mol. The van der Waals surface area contributed by atoms with Crippen LogP contribution in [0.4, 0.5) is 0 Å². The van der Waals surface area contributed by atoms with E-state index in [9.17, 15) is 5.11 Å². The number of benzene rings is 1. The van der Waals surface area contributed by atoms with Crippen molar-refractivity contribution in [3.05, 3.63) is 48.0 Å². The maximum Gasteiger partial charge on any atom is 0.194 e. The van der Waals surface area contributed by atoms with E-state index in [1.165, 1.54) is 0 Å². The third-order valence-electron chi connectivity index (χ3n) is 4.72. The van der Waals surface area contributed by atoms with Crippen LogP contribution in [-0.4, -0.2) is 63.4 Å². The number of nitrogens with one attached hydrogen (secondary N) is 2. The Labute approximate surface area is 154 Å². The van der Waals surface area contributed by atoms with Gasteiger partial charge >= 0.3 is 0 Å². The van der Waals surface area contributed by atoms with Crippen LogP contribution in [0.25, 0.3) is 0 Å². The molecule has 7 nitrogen and oxygen atoms in total. The monoisotopic (exact) mass is 356 g/mol. The number of rotatable bonds is 6. The second-order valence-electron chi connectivity index (χ2n) is 6.67. The minimum Gasteiger partial charge on any atom is -0.391 e. The summed E-state index contributed by atoms with van der Waals surface area (Å²) in [4.78, 5) is 11.2. The van der Waals surface area contributed by atoms with Gasteiger partial charge in [-0.05, 0) is 25.3 Å². The lowest BCUT2D eigenvalue weighted by atomic mass is 9.96. The Kier molecular flexibility index (Phi) is 6.60. The van der Waals surface area contributed by atoms with Crippen LogP contribution in [0.1, 0.15) is 37.1 Å². The number of nitrogens with zero attached hydrogens (tertiary/aromatic N) is 4. The maximum absolute atomic E-state index is 10.3. The summed E-state index contributed by atoms with van der Waals surface area (Å²) in [6.07, 6.45) is 3.76. The van der Waals surface area contributed by atoms with Crippen molar-refractivity contribution in [2.75, 3.05) is 26.2 Å². The number of aliphatic hydroxyl groups excluding tert-OH is 1. The van der Waals surface area contributed by atoms with Crippen LogP contribution in [0.5, 0.6) is 0 Å². The molecule has 0 aliphatic carbocycles. The van der Waals surface area contributed by atoms with Crippen LogP contribution in [0.15, 0.2) is 41.7 Å². The van der Waals surface area contributed by atoms with Crippen molar-refractivity contribution >= 4 is 5.96 Å². The third kappa shape index (κ3) is 5.05. The zero-order chi connectivity index (χ0) is 18.2. The minimum atomic E-state index is -0.474. The molecule has 2 aromatic rings. The summed E-state index contributed by atoms with van der Waals surface area (Å²) in [5.74, 6) is 2.29. The van der Waals surface area contributed by atoms with E-state index in [1.54, 1.807) is 6.33 Å². The molecule has 0 saturated carbocycles. The second kappa shape index (κ2) is 9.33. The molecule has 0 amide bonds. The molecule has 1 unspecified atom stereocenters. The first-order valence-corrected chi connectivity index (χ1v) is 9.36. The summed E-state index contributed by atoms with van der Waals surface area (Å²) in [6, 6.07) is 10.0. The first-order valence-electron chi connectivity index (χ1n) is 9.36. The van der Waals surface area contributed by atoms with Gasteiger partial charge in [0, 0.05) is 32.0 Å². The number of guanidine groups is 1. The maximum atomic E-state index is 10.3. The summed E-state index contributed by atoms with van der Waals surface area (Å²) >= 11 is 0. The molecule has 0 radical (unpaired) electrons. The fraction of sp³-hybridized carbons (Fsp3) is 0.526. The van der Waals surface area contributed by atoms with Gasteiger partial charge in [-0.2, -0.15) is 5.10 Å². The van der Waals surface area contributed by atoms with Crippen molar-refractivity contribution in [2.45, 2.75) is 38.2 Å². The Morgan fingerprint density at radius 3 is 2.77 bits per heavy atom. The van der Waals surface area contributed by atoms with E-state index in [0.29, 0.717) is 18.9 Å². The topological polar surface area (TPSA) is 89.4 Å². The second-order valence-corrected chi connectivity index (χ2v) is 6.67. The number of piperidine rings is 1.